The molecule has 0 aromatic rings. The summed E-state index contributed by atoms with van der Waals surface area (Å²) in [5.41, 5.74) is 0. The molecule has 0 amide bonds. The molecular weight excluding hydrogens is 206 g/mol. The Balaban J connectivity index is 0.00000121. The van der Waals surface area contributed by atoms with Crippen molar-refractivity contribution in [1.29, 1.82) is 0 Å². The monoisotopic (exact) mass is 215 g/mol. The molecule has 0 aromatic carbocycles. The van der Waals surface area contributed by atoms with Gasteiger partial charge in [-0.1, -0.05) is 0 Å². The molecule has 72 valence electrons. The highest BCUT2D eigenvalue weighted by molar-refractivity contribution is 7.91. The van der Waals surface area contributed by atoms with Crippen molar-refractivity contribution in [3.63, 3.8) is 0 Å². The average molecular weight is 216 g/mol. The van der Waals surface area contributed by atoms with Crippen LogP contribution in [0.2, 0.25) is 0 Å². The third kappa shape index (κ3) is 2.96. The fourth-order valence-corrected chi connectivity index (χ4v) is 2.31. The molecule has 12 heavy (non-hydrogen) atoms. The summed E-state index contributed by atoms with van der Waals surface area (Å²) in [6.07, 6.45) is 0. The van der Waals surface area contributed by atoms with Gasteiger partial charge in [-0.2, -0.15) is 0 Å². The lowest BCUT2D eigenvalue weighted by atomic mass is 10.3. The summed E-state index contributed by atoms with van der Waals surface area (Å²) in [6, 6.07) is -0.922. The third-order valence-electron chi connectivity index (χ3n) is 1.52. The molecule has 1 rings (SSSR count). The molecule has 0 aromatic heterocycles. The highest BCUT2D eigenvalue weighted by Crippen LogP contribution is 2.00. The number of carboxylic acid groups (broad SMARTS) is 1. The van der Waals surface area contributed by atoms with Crippen molar-refractivity contribution < 1.29 is 18.3 Å². The minimum Gasteiger partial charge on any atom is -0.480 e. The van der Waals surface area contributed by atoms with Gasteiger partial charge in [-0.25, -0.2) is 8.42 Å². The van der Waals surface area contributed by atoms with Crippen molar-refractivity contribution >= 4 is 28.2 Å². The first-order valence-corrected chi connectivity index (χ1v) is 5.00. The topological polar surface area (TPSA) is 83.5 Å². The largest absolute Gasteiger partial charge is 0.480 e. The molecule has 0 spiro atoms. The van der Waals surface area contributed by atoms with Crippen molar-refractivity contribution in [3.05, 3.63) is 0 Å². The second-order valence-corrected chi connectivity index (χ2v) is 4.69. The van der Waals surface area contributed by atoms with Crippen LogP contribution in [-0.4, -0.2) is 43.6 Å². The maximum Gasteiger partial charge on any atom is 0.321 e. The molecule has 0 radical (unpaired) electrons. The van der Waals surface area contributed by atoms with Gasteiger partial charge >= 0.3 is 5.97 Å². The third-order valence-corrected chi connectivity index (χ3v) is 3.19. The molecule has 1 saturated heterocycles. The van der Waals surface area contributed by atoms with Crippen LogP contribution in [0.5, 0.6) is 0 Å². The molecule has 1 unspecified atom stereocenters. The van der Waals surface area contributed by atoms with Crippen LogP contribution >= 0.6 is 12.4 Å². The lowest BCUT2D eigenvalue weighted by molar-refractivity contribution is -0.138. The molecule has 1 heterocycles. The summed E-state index contributed by atoms with van der Waals surface area (Å²) in [6.45, 7) is 0.235. The first-order valence-electron chi connectivity index (χ1n) is 3.18. The number of hydrogen-bond acceptors (Lipinski definition) is 4. The van der Waals surface area contributed by atoms with E-state index in [0.29, 0.717) is 0 Å². The number of carboxylic acids is 1. The summed E-state index contributed by atoms with van der Waals surface area (Å²) in [7, 11) is -3.12. The van der Waals surface area contributed by atoms with E-state index in [1.165, 1.54) is 0 Å². The first kappa shape index (κ1) is 11.7. The van der Waals surface area contributed by atoms with Gasteiger partial charge in [-0.15, -0.1) is 12.4 Å². The van der Waals surface area contributed by atoms with Gasteiger partial charge in [0.15, 0.2) is 9.84 Å². The van der Waals surface area contributed by atoms with E-state index in [0.717, 1.165) is 0 Å². The van der Waals surface area contributed by atoms with Crippen molar-refractivity contribution in [1.82, 2.24) is 5.32 Å². The van der Waals surface area contributed by atoms with Gasteiger partial charge in [0.1, 0.15) is 6.04 Å². The minimum atomic E-state index is -3.12. The molecule has 7 heteroatoms. The Morgan fingerprint density at radius 2 is 2.08 bits per heavy atom. The van der Waals surface area contributed by atoms with Crippen molar-refractivity contribution in [2.24, 2.45) is 0 Å². The van der Waals surface area contributed by atoms with Gasteiger partial charge in [0.2, 0.25) is 0 Å². The van der Waals surface area contributed by atoms with E-state index in [-0.39, 0.29) is 30.5 Å². The maximum absolute atomic E-state index is 10.9. The van der Waals surface area contributed by atoms with Crippen LogP contribution in [0.15, 0.2) is 0 Å². The van der Waals surface area contributed by atoms with Crippen LogP contribution in [0.1, 0.15) is 0 Å². The van der Waals surface area contributed by atoms with Crippen LogP contribution in [0.3, 0.4) is 0 Å². The van der Waals surface area contributed by atoms with E-state index < -0.39 is 21.8 Å². The summed E-state index contributed by atoms with van der Waals surface area (Å²) in [5.74, 6) is -1.35. The van der Waals surface area contributed by atoms with Gasteiger partial charge in [-0.3, -0.25) is 4.79 Å². The summed E-state index contributed by atoms with van der Waals surface area (Å²) >= 11 is 0. The Hall–Kier alpha value is -0.330. The van der Waals surface area contributed by atoms with Crippen LogP contribution in [-0.2, 0) is 14.6 Å². The van der Waals surface area contributed by atoms with Crippen molar-refractivity contribution in [2.45, 2.75) is 6.04 Å². The maximum atomic E-state index is 10.9. The zero-order valence-electron chi connectivity index (χ0n) is 6.19. The Morgan fingerprint density at radius 1 is 1.50 bits per heavy atom. The van der Waals surface area contributed by atoms with Crippen LogP contribution in [0.25, 0.3) is 0 Å². The van der Waals surface area contributed by atoms with E-state index in [2.05, 4.69) is 5.32 Å². The zero-order chi connectivity index (χ0) is 8.48. The van der Waals surface area contributed by atoms with E-state index in [1.807, 2.05) is 0 Å². The molecule has 2 N–H and O–H groups in total. The van der Waals surface area contributed by atoms with E-state index >= 15 is 0 Å². The number of nitrogens with one attached hydrogen (secondary N) is 1. The predicted octanol–water partition coefficient (Wildman–Crippen LogP) is -1.12. The summed E-state index contributed by atoms with van der Waals surface area (Å²) < 4.78 is 21.7. The van der Waals surface area contributed by atoms with E-state index in [1.54, 1.807) is 0 Å². The van der Waals surface area contributed by atoms with Gasteiger partial charge in [0.05, 0.1) is 11.5 Å². The summed E-state index contributed by atoms with van der Waals surface area (Å²) in [4.78, 5) is 10.3. The SMILES string of the molecule is Cl.O=C(O)C1CS(=O)(=O)CCN1. The van der Waals surface area contributed by atoms with E-state index in [4.69, 9.17) is 5.11 Å². The fraction of sp³-hybridized carbons (Fsp3) is 0.800. The lowest BCUT2D eigenvalue weighted by Crippen LogP contribution is -2.49. The Morgan fingerprint density at radius 3 is 2.42 bits per heavy atom. The molecule has 1 fully saturated rings. The quantitative estimate of drug-likeness (QED) is 0.579. The normalized spacial score (nSPS) is 27.2. The van der Waals surface area contributed by atoms with E-state index in [9.17, 15) is 13.2 Å². The van der Waals surface area contributed by atoms with Gasteiger partial charge in [0, 0.05) is 6.54 Å². The second-order valence-electron chi connectivity index (χ2n) is 2.46. The second kappa shape index (κ2) is 4.06. The highest BCUT2D eigenvalue weighted by atomic mass is 35.5. The van der Waals surface area contributed by atoms with Gasteiger partial charge in [0.25, 0.3) is 0 Å². The van der Waals surface area contributed by atoms with Gasteiger partial charge < -0.3 is 10.4 Å². The highest BCUT2D eigenvalue weighted by Gasteiger charge is 2.28. The minimum absolute atomic E-state index is 0. The molecule has 1 atom stereocenters. The number of carbonyl (C=O) groups is 1. The number of aliphatic carboxylic acids is 1. The molecule has 0 bridgehead atoms. The molecule has 1 aliphatic heterocycles. The lowest BCUT2D eigenvalue weighted by Gasteiger charge is -2.19. The Labute approximate surface area is 76.5 Å². The smallest absolute Gasteiger partial charge is 0.321 e. The number of hydrogen-bond donors (Lipinski definition) is 2. The zero-order valence-corrected chi connectivity index (χ0v) is 7.82. The van der Waals surface area contributed by atoms with Crippen LogP contribution < -0.4 is 5.32 Å². The van der Waals surface area contributed by atoms with Crippen molar-refractivity contribution in [3.8, 4) is 0 Å². The van der Waals surface area contributed by atoms with Crippen LogP contribution in [0, 0.1) is 0 Å². The predicted molar refractivity (Wildman–Crippen MR) is 45.3 cm³/mol. The number of rotatable bonds is 1. The standard InChI is InChI=1S/C5H9NO4S.ClH/c7-5(8)4-3-11(9,10)2-1-6-4;/h4,6H,1-3H2,(H,7,8);1H. The molecule has 5 nitrogen and oxygen atoms in total. The molecule has 0 aliphatic carbocycles. The molecule has 0 saturated carbocycles. The average Bonchev–Trinajstić information content (AvgIpc) is 1.85. The number of sulfone groups is 1. The Kier molecular flexibility index (Phi) is 3.95. The van der Waals surface area contributed by atoms with Gasteiger partial charge in [-0.05, 0) is 0 Å². The van der Waals surface area contributed by atoms with Crippen LogP contribution in [0.4, 0.5) is 0 Å². The first-order chi connectivity index (χ1) is 5.01. The molecular formula is C5H10ClNO4S. The number of halogens is 1. The van der Waals surface area contributed by atoms with Crippen molar-refractivity contribution in [2.75, 3.05) is 18.1 Å². The molecule has 1 aliphatic rings. The summed E-state index contributed by atoms with van der Waals surface area (Å²) in [5, 5.41) is 11.0. The fourth-order valence-electron chi connectivity index (χ4n) is 0.943. The Bertz CT molecular complexity index is 263.